The summed E-state index contributed by atoms with van der Waals surface area (Å²) in [6, 6.07) is 10.6. The van der Waals surface area contributed by atoms with Gasteiger partial charge in [0.1, 0.15) is 5.82 Å². The Labute approximate surface area is 120 Å². The molecule has 2 heterocycles. The highest BCUT2D eigenvalue weighted by molar-refractivity contribution is 5.54. The van der Waals surface area contributed by atoms with Crippen LogP contribution in [-0.4, -0.2) is 27.9 Å². The fourth-order valence-electron chi connectivity index (χ4n) is 2.78. The summed E-state index contributed by atoms with van der Waals surface area (Å²) in [6.07, 6.45) is 2.30. The molecule has 1 aliphatic heterocycles. The molecule has 1 saturated heterocycles. The molecule has 0 unspecified atom stereocenters. The van der Waals surface area contributed by atoms with Gasteiger partial charge >= 0.3 is 0 Å². The van der Waals surface area contributed by atoms with Crippen LogP contribution in [-0.2, 0) is 0 Å². The van der Waals surface area contributed by atoms with Crippen molar-refractivity contribution in [2.45, 2.75) is 38.6 Å². The van der Waals surface area contributed by atoms with E-state index in [1.807, 2.05) is 18.2 Å². The lowest BCUT2D eigenvalue weighted by Gasteiger charge is -2.23. The highest BCUT2D eigenvalue weighted by Crippen LogP contribution is 2.28. The molecule has 4 nitrogen and oxygen atoms in total. The van der Waals surface area contributed by atoms with Gasteiger partial charge in [0.05, 0.1) is 0 Å². The Bertz CT molecular complexity index is 553. The molecule has 4 heteroatoms. The monoisotopic (exact) mass is 270 g/mol. The fraction of sp³-hybridized carbons (Fsp3) is 0.500. The van der Waals surface area contributed by atoms with Crippen molar-refractivity contribution in [2.75, 3.05) is 13.1 Å². The first-order valence-corrected chi connectivity index (χ1v) is 7.48. The van der Waals surface area contributed by atoms with Gasteiger partial charge in [0.15, 0.2) is 5.82 Å². The topological polar surface area (TPSA) is 42.7 Å². The van der Waals surface area contributed by atoms with Gasteiger partial charge < -0.3 is 5.32 Å². The van der Waals surface area contributed by atoms with Gasteiger partial charge in [-0.1, -0.05) is 30.3 Å². The Morgan fingerprint density at radius 3 is 2.50 bits per heavy atom. The maximum absolute atomic E-state index is 4.85. The molecular formula is C16H22N4. The SMILES string of the molecule is CC(C)n1nc(-c2ccccc2)nc1C1CCNCC1. The second-order valence-corrected chi connectivity index (χ2v) is 5.72. The maximum Gasteiger partial charge on any atom is 0.181 e. The molecular weight excluding hydrogens is 248 g/mol. The molecule has 0 amide bonds. The van der Waals surface area contributed by atoms with Crippen molar-refractivity contribution in [3.8, 4) is 11.4 Å². The van der Waals surface area contributed by atoms with Gasteiger partial charge in [-0.05, 0) is 39.8 Å². The lowest BCUT2D eigenvalue weighted by atomic mass is 9.97. The van der Waals surface area contributed by atoms with Crippen molar-refractivity contribution in [3.05, 3.63) is 36.2 Å². The van der Waals surface area contributed by atoms with Gasteiger partial charge in [-0.25, -0.2) is 9.67 Å². The summed E-state index contributed by atoms with van der Waals surface area (Å²) in [5.41, 5.74) is 1.10. The Morgan fingerprint density at radius 2 is 1.85 bits per heavy atom. The first-order valence-electron chi connectivity index (χ1n) is 7.48. The molecule has 106 valence electrons. The van der Waals surface area contributed by atoms with Crippen LogP contribution in [0.15, 0.2) is 30.3 Å². The van der Waals surface area contributed by atoms with Crippen LogP contribution < -0.4 is 5.32 Å². The van der Waals surface area contributed by atoms with Crippen molar-refractivity contribution in [1.29, 1.82) is 0 Å². The molecule has 0 saturated carbocycles. The predicted octanol–water partition coefficient (Wildman–Crippen LogP) is 2.99. The first kappa shape index (κ1) is 13.3. The summed E-state index contributed by atoms with van der Waals surface area (Å²) in [4.78, 5) is 4.85. The van der Waals surface area contributed by atoms with Crippen LogP contribution in [0, 0.1) is 0 Å². The number of piperidine rings is 1. The predicted molar refractivity (Wildman–Crippen MR) is 80.7 cm³/mol. The van der Waals surface area contributed by atoms with Crippen LogP contribution in [0.1, 0.15) is 44.5 Å². The zero-order valence-electron chi connectivity index (χ0n) is 12.2. The normalized spacial score (nSPS) is 16.8. The van der Waals surface area contributed by atoms with E-state index in [0.29, 0.717) is 12.0 Å². The average molecular weight is 270 g/mol. The third-order valence-electron chi connectivity index (χ3n) is 3.88. The van der Waals surface area contributed by atoms with E-state index in [1.165, 1.54) is 0 Å². The van der Waals surface area contributed by atoms with Crippen LogP contribution in [0.3, 0.4) is 0 Å². The summed E-state index contributed by atoms with van der Waals surface area (Å²) in [5.74, 6) is 2.54. The van der Waals surface area contributed by atoms with Gasteiger partial charge in [-0.3, -0.25) is 0 Å². The second-order valence-electron chi connectivity index (χ2n) is 5.72. The second kappa shape index (κ2) is 5.75. The molecule has 0 bridgehead atoms. The van der Waals surface area contributed by atoms with E-state index in [4.69, 9.17) is 10.1 Å². The summed E-state index contributed by atoms with van der Waals surface area (Å²) >= 11 is 0. The highest BCUT2D eigenvalue weighted by atomic mass is 15.4. The third-order valence-corrected chi connectivity index (χ3v) is 3.88. The molecule has 3 rings (SSSR count). The van der Waals surface area contributed by atoms with Crippen LogP contribution in [0.4, 0.5) is 0 Å². The standard InChI is InChI=1S/C16H22N4/c1-12(2)20-16(14-8-10-17-11-9-14)18-15(19-20)13-6-4-3-5-7-13/h3-7,12,14,17H,8-11H2,1-2H3. The van der Waals surface area contributed by atoms with Crippen molar-refractivity contribution >= 4 is 0 Å². The average Bonchev–Trinajstić information content (AvgIpc) is 2.94. The number of benzene rings is 1. The number of hydrogen-bond donors (Lipinski definition) is 1. The lowest BCUT2D eigenvalue weighted by Crippen LogP contribution is -2.28. The number of aromatic nitrogens is 3. The molecule has 0 aliphatic carbocycles. The van der Waals surface area contributed by atoms with Crippen molar-refractivity contribution < 1.29 is 0 Å². The van der Waals surface area contributed by atoms with E-state index in [1.54, 1.807) is 0 Å². The Kier molecular flexibility index (Phi) is 3.83. The van der Waals surface area contributed by atoms with Gasteiger partial charge in [0.2, 0.25) is 0 Å². The van der Waals surface area contributed by atoms with Gasteiger partial charge in [0, 0.05) is 17.5 Å². The van der Waals surface area contributed by atoms with Crippen LogP contribution in [0.2, 0.25) is 0 Å². The Morgan fingerprint density at radius 1 is 1.15 bits per heavy atom. The van der Waals surface area contributed by atoms with E-state index in [-0.39, 0.29) is 0 Å². The molecule has 0 radical (unpaired) electrons. The lowest BCUT2D eigenvalue weighted by molar-refractivity contribution is 0.406. The summed E-state index contributed by atoms with van der Waals surface area (Å²) in [7, 11) is 0. The highest BCUT2D eigenvalue weighted by Gasteiger charge is 2.23. The van der Waals surface area contributed by atoms with Crippen molar-refractivity contribution in [1.82, 2.24) is 20.1 Å². The summed E-state index contributed by atoms with van der Waals surface area (Å²) < 4.78 is 2.11. The molecule has 1 aliphatic rings. The fourth-order valence-corrected chi connectivity index (χ4v) is 2.78. The third kappa shape index (κ3) is 2.61. The Hall–Kier alpha value is -1.68. The van der Waals surface area contributed by atoms with E-state index < -0.39 is 0 Å². The van der Waals surface area contributed by atoms with Crippen molar-refractivity contribution in [2.24, 2.45) is 0 Å². The van der Waals surface area contributed by atoms with E-state index >= 15 is 0 Å². The number of hydrogen-bond acceptors (Lipinski definition) is 3. The zero-order chi connectivity index (χ0) is 13.9. The van der Waals surface area contributed by atoms with E-state index in [0.717, 1.165) is 43.1 Å². The first-order chi connectivity index (χ1) is 9.75. The molecule has 0 atom stereocenters. The van der Waals surface area contributed by atoms with Crippen LogP contribution in [0.5, 0.6) is 0 Å². The van der Waals surface area contributed by atoms with Crippen LogP contribution in [0.25, 0.3) is 11.4 Å². The van der Waals surface area contributed by atoms with E-state index in [9.17, 15) is 0 Å². The minimum atomic E-state index is 0.352. The van der Waals surface area contributed by atoms with E-state index in [2.05, 4.69) is 36.0 Å². The molecule has 1 N–H and O–H groups in total. The number of nitrogens with zero attached hydrogens (tertiary/aromatic N) is 3. The maximum atomic E-state index is 4.85. The quantitative estimate of drug-likeness (QED) is 0.932. The largest absolute Gasteiger partial charge is 0.317 e. The minimum absolute atomic E-state index is 0.352. The molecule has 0 spiro atoms. The van der Waals surface area contributed by atoms with Crippen LogP contribution >= 0.6 is 0 Å². The molecule has 1 aromatic carbocycles. The minimum Gasteiger partial charge on any atom is -0.317 e. The number of rotatable bonds is 3. The van der Waals surface area contributed by atoms with Gasteiger partial charge in [0.25, 0.3) is 0 Å². The number of nitrogens with one attached hydrogen (secondary N) is 1. The molecule has 20 heavy (non-hydrogen) atoms. The van der Waals surface area contributed by atoms with Crippen molar-refractivity contribution in [3.63, 3.8) is 0 Å². The van der Waals surface area contributed by atoms with Gasteiger partial charge in [-0.2, -0.15) is 5.10 Å². The van der Waals surface area contributed by atoms with Gasteiger partial charge in [-0.15, -0.1) is 0 Å². The zero-order valence-corrected chi connectivity index (χ0v) is 12.2. The molecule has 2 aromatic rings. The molecule has 1 fully saturated rings. The summed E-state index contributed by atoms with van der Waals surface area (Å²) in [6.45, 7) is 6.51. The Balaban J connectivity index is 1.98. The summed E-state index contributed by atoms with van der Waals surface area (Å²) in [5, 5.41) is 8.15. The molecule has 1 aromatic heterocycles. The smallest absolute Gasteiger partial charge is 0.181 e.